The fourth-order valence-corrected chi connectivity index (χ4v) is 2.04. The van der Waals surface area contributed by atoms with Gasteiger partial charge in [-0.15, -0.1) is 0 Å². The summed E-state index contributed by atoms with van der Waals surface area (Å²) in [6.45, 7) is 6.98. The lowest BCUT2D eigenvalue weighted by Gasteiger charge is -2.21. The van der Waals surface area contributed by atoms with Gasteiger partial charge < -0.3 is 4.74 Å². The van der Waals surface area contributed by atoms with E-state index < -0.39 is 8.07 Å². The Balaban J connectivity index is 2.21. The molecule has 0 amide bonds. The molecule has 0 N–H and O–H groups in total. The predicted molar refractivity (Wildman–Crippen MR) is 60.4 cm³/mol. The number of hydrogen-bond donors (Lipinski definition) is 0. The van der Waals surface area contributed by atoms with Crippen LogP contribution in [0.1, 0.15) is 32.1 Å². The average molecular weight is 198 g/mol. The highest BCUT2D eigenvalue weighted by Gasteiger charge is 2.13. The van der Waals surface area contributed by atoms with Crippen molar-refractivity contribution in [1.29, 1.82) is 0 Å². The van der Waals surface area contributed by atoms with E-state index in [1.807, 2.05) is 6.26 Å². The summed E-state index contributed by atoms with van der Waals surface area (Å²) in [5, 5.41) is 0. The molecule has 0 aromatic heterocycles. The van der Waals surface area contributed by atoms with Crippen molar-refractivity contribution in [3.8, 4) is 0 Å². The van der Waals surface area contributed by atoms with Crippen LogP contribution >= 0.6 is 0 Å². The van der Waals surface area contributed by atoms with Crippen LogP contribution < -0.4 is 0 Å². The molecule has 1 rings (SSSR count). The smallest absolute Gasteiger partial charge is 0.0978 e. The van der Waals surface area contributed by atoms with E-state index in [4.69, 9.17) is 4.74 Å². The Kier molecular flexibility index (Phi) is 4.04. The third-order valence-corrected chi connectivity index (χ3v) is 3.53. The van der Waals surface area contributed by atoms with E-state index in [1.165, 1.54) is 32.1 Å². The first-order valence-electron chi connectivity index (χ1n) is 5.41. The van der Waals surface area contributed by atoms with Crippen molar-refractivity contribution in [2.45, 2.75) is 57.8 Å². The molecule has 0 spiro atoms. The zero-order chi connectivity index (χ0) is 9.73. The van der Waals surface area contributed by atoms with Crippen LogP contribution in [0.3, 0.4) is 0 Å². The minimum absolute atomic E-state index is 0.515. The van der Waals surface area contributed by atoms with Crippen LogP contribution in [-0.2, 0) is 4.74 Å². The van der Waals surface area contributed by atoms with Gasteiger partial charge in [-0.1, -0.05) is 31.8 Å². The highest BCUT2D eigenvalue weighted by Crippen LogP contribution is 2.20. The molecule has 0 aromatic rings. The quantitative estimate of drug-likeness (QED) is 0.496. The van der Waals surface area contributed by atoms with Crippen molar-refractivity contribution >= 4 is 8.07 Å². The maximum Gasteiger partial charge on any atom is 0.0978 e. The molecule has 1 aliphatic carbocycles. The normalized spacial score (nSPS) is 20.8. The molecule has 1 saturated carbocycles. The van der Waals surface area contributed by atoms with Gasteiger partial charge in [-0.2, -0.15) is 0 Å². The van der Waals surface area contributed by atoms with Crippen LogP contribution in [-0.4, -0.2) is 14.2 Å². The Morgan fingerprint density at radius 3 is 2.23 bits per heavy atom. The van der Waals surface area contributed by atoms with Crippen LogP contribution in [0, 0.1) is 0 Å². The van der Waals surface area contributed by atoms with Gasteiger partial charge in [0.05, 0.1) is 20.4 Å². The molecule has 0 aromatic carbocycles. The highest BCUT2D eigenvalue weighted by molar-refractivity contribution is 6.80. The van der Waals surface area contributed by atoms with Crippen molar-refractivity contribution in [2.24, 2.45) is 0 Å². The van der Waals surface area contributed by atoms with Crippen molar-refractivity contribution in [3.05, 3.63) is 12.0 Å². The molecular weight excluding hydrogens is 176 g/mol. The van der Waals surface area contributed by atoms with E-state index >= 15 is 0 Å². The molecule has 0 radical (unpaired) electrons. The fraction of sp³-hybridized carbons (Fsp3) is 0.818. The second-order valence-corrected chi connectivity index (χ2v) is 10.1. The van der Waals surface area contributed by atoms with Crippen molar-refractivity contribution in [3.63, 3.8) is 0 Å². The predicted octanol–water partition coefficient (Wildman–Crippen LogP) is 3.73. The molecule has 2 heteroatoms. The molecule has 0 unspecified atom stereocenters. The fourth-order valence-electron chi connectivity index (χ4n) is 1.56. The molecule has 0 saturated heterocycles. The zero-order valence-corrected chi connectivity index (χ0v) is 10.2. The van der Waals surface area contributed by atoms with E-state index in [9.17, 15) is 0 Å². The second kappa shape index (κ2) is 4.84. The summed E-state index contributed by atoms with van der Waals surface area (Å²) in [5.74, 6) is 0. The van der Waals surface area contributed by atoms with E-state index in [0.29, 0.717) is 6.10 Å². The highest BCUT2D eigenvalue weighted by atomic mass is 28.3. The van der Waals surface area contributed by atoms with Gasteiger partial charge in [0.2, 0.25) is 0 Å². The van der Waals surface area contributed by atoms with Crippen LogP contribution in [0.4, 0.5) is 0 Å². The van der Waals surface area contributed by atoms with Crippen LogP contribution in [0.25, 0.3) is 0 Å². The summed E-state index contributed by atoms with van der Waals surface area (Å²) in [5.41, 5.74) is 2.28. The third kappa shape index (κ3) is 5.14. The van der Waals surface area contributed by atoms with E-state index in [0.717, 1.165) is 0 Å². The molecule has 1 fully saturated rings. The third-order valence-electron chi connectivity index (χ3n) is 2.39. The van der Waals surface area contributed by atoms with E-state index in [1.54, 1.807) is 0 Å². The number of rotatable bonds is 3. The summed E-state index contributed by atoms with van der Waals surface area (Å²) in [6.07, 6.45) is 9.10. The maximum absolute atomic E-state index is 5.71. The molecular formula is C11H22OSi. The summed E-state index contributed by atoms with van der Waals surface area (Å²) in [6, 6.07) is 0. The Morgan fingerprint density at radius 2 is 1.69 bits per heavy atom. The molecule has 0 aliphatic heterocycles. The Bertz CT molecular complexity index is 163. The number of ether oxygens (including phenoxy) is 1. The SMILES string of the molecule is C[Si](C)(C)/C=C\OC1CCCCC1. The minimum Gasteiger partial charge on any atom is -0.499 e. The Hall–Kier alpha value is -0.243. The van der Waals surface area contributed by atoms with Crippen molar-refractivity contribution in [2.75, 3.05) is 0 Å². The molecule has 0 heterocycles. The second-order valence-electron chi connectivity index (χ2n) is 5.06. The van der Waals surface area contributed by atoms with E-state index in [2.05, 4.69) is 25.3 Å². The molecule has 0 atom stereocenters. The Morgan fingerprint density at radius 1 is 1.08 bits per heavy atom. The van der Waals surface area contributed by atoms with Gasteiger partial charge in [0.1, 0.15) is 0 Å². The van der Waals surface area contributed by atoms with Gasteiger partial charge in [-0.3, -0.25) is 0 Å². The monoisotopic (exact) mass is 198 g/mol. The van der Waals surface area contributed by atoms with Crippen molar-refractivity contribution in [1.82, 2.24) is 0 Å². The molecule has 0 bridgehead atoms. The standard InChI is InChI=1S/C11H22OSi/c1-13(2,3)10-9-12-11-7-5-4-6-8-11/h9-11H,4-8H2,1-3H3/b10-9-. The number of hydrogen-bond acceptors (Lipinski definition) is 1. The lowest BCUT2D eigenvalue weighted by molar-refractivity contribution is 0.106. The van der Waals surface area contributed by atoms with Crippen LogP contribution in [0.5, 0.6) is 0 Å². The first-order chi connectivity index (χ1) is 6.08. The van der Waals surface area contributed by atoms with Gasteiger partial charge in [-0.05, 0) is 25.7 Å². The molecule has 1 nitrogen and oxygen atoms in total. The van der Waals surface area contributed by atoms with Crippen LogP contribution in [0.2, 0.25) is 19.6 Å². The van der Waals surface area contributed by atoms with Crippen molar-refractivity contribution < 1.29 is 4.74 Å². The van der Waals surface area contributed by atoms with E-state index in [-0.39, 0.29) is 0 Å². The van der Waals surface area contributed by atoms with Gasteiger partial charge in [0.15, 0.2) is 0 Å². The maximum atomic E-state index is 5.71. The summed E-state index contributed by atoms with van der Waals surface area (Å²) in [7, 11) is -1.05. The first kappa shape index (κ1) is 10.8. The molecule has 1 aliphatic rings. The average Bonchev–Trinajstić information content (AvgIpc) is 2.04. The zero-order valence-electron chi connectivity index (χ0n) is 9.18. The van der Waals surface area contributed by atoms with Gasteiger partial charge >= 0.3 is 0 Å². The Labute approximate surface area is 83.2 Å². The lowest BCUT2D eigenvalue weighted by atomic mass is 9.98. The summed E-state index contributed by atoms with van der Waals surface area (Å²) in [4.78, 5) is 0. The lowest BCUT2D eigenvalue weighted by Crippen LogP contribution is -2.18. The largest absolute Gasteiger partial charge is 0.499 e. The topological polar surface area (TPSA) is 9.23 Å². The van der Waals surface area contributed by atoms with Gasteiger partial charge in [-0.25, -0.2) is 0 Å². The van der Waals surface area contributed by atoms with Crippen LogP contribution in [0.15, 0.2) is 12.0 Å². The summed E-state index contributed by atoms with van der Waals surface area (Å²) < 4.78 is 5.71. The molecule has 76 valence electrons. The first-order valence-corrected chi connectivity index (χ1v) is 8.99. The minimum atomic E-state index is -1.05. The van der Waals surface area contributed by atoms with Gasteiger partial charge in [0.25, 0.3) is 0 Å². The van der Waals surface area contributed by atoms with Gasteiger partial charge in [0, 0.05) is 0 Å². The summed E-state index contributed by atoms with van der Waals surface area (Å²) >= 11 is 0. The molecule has 13 heavy (non-hydrogen) atoms.